The molecule has 74 valence electrons. The van der Waals surface area contributed by atoms with E-state index < -0.39 is 0 Å². The highest BCUT2D eigenvalue weighted by Gasteiger charge is 2.10. The van der Waals surface area contributed by atoms with Crippen LogP contribution in [0.5, 0.6) is 0 Å². The highest BCUT2D eigenvalue weighted by atomic mass is 16.6. The molecule has 0 saturated heterocycles. The Balaban J connectivity index is 2.42. The molecule has 5 heteroatoms. The van der Waals surface area contributed by atoms with Crippen LogP contribution >= 0.6 is 0 Å². The van der Waals surface area contributed by atoms with Gasteiger partial charge in [0.25, 0.3) is 0 Å². The van der Waals surface area contributed by atoms with Crippen LogP contribution in [0.4, 0.5) is 0 Å². The number of imidazole rings is 1. The van der Waals surface area contributed by atoms with E-state index in [1.54, 1.807) is 12.4 Å². The zero-order valence-corrected chi connectivity index (χ0v) is 7.92. The van der Waals surface area contributed by atoms with Crippen molar-refractivity contribution in [3.05, 3.63) is 30.5 Å². The van der Waals surface area contributed by atoms with Crippen LogP contribution in [0.1, 0.15) is 18.5 Å². The minimum Gasteiger partial charge on any atom is -0.304 e. The van der Waals surface area contributed by atoms with Gasteiger partial charge in [-0.05, 0) is 0 Å². The quantitative estimate of drug-likeness (QED) is 0.728. The van der Waals surface area contributed by atoms with E-state index in [4.69, 9.17) is 5.90 Å². The molecule has 1 atom stereocenters. The van der Waals surface area contributed by atoms with Gasteiger partial charge in [0.1, 0.15) is 0 Å². The predicted octanol–water partition coefficient (Wildman–Crippen LogP) is 0.723. The summed E-state index contributed by atoms with van der Waals surface area (Å²) in [5, 5.41) is 0. The molecule has 0 aliphatic heterocycles. The summed E-state index contributed by atoms with van der Waals surface area (Å²) < 4.78 is 1.98. The largest absolute Gasteiger partial charge is 0.304 e. The van der Waals surface area contributed by atoms with Crippen molar-refractivity contribution < 1.29 is 4.84 Å². The number of rotatable bonds is 3. The monoisotopic (exact) mass is 192 g/mol. The van der Waals surface area contributed by atoms with Crippen LogP contribution in [-0.2, 0) is 4.84 Å². The number of hydrogen-bond donors (Lipinski definition) is 1. The first-order valence-electron chi connectivity index (χ1n) is 4.41. The second-order valence-corrected chi connectivity index (χ2v) is 3.22. The van der Waals surface area contributed by atoms with Crippen LogP contribution in [0.3, 0.4) is 0 Å². The van der Waals surface area contributed by atoms with Crippen molar-refractivity contribution in [1.29, 1.82) is 0 Å². The molecular formula is C9H12N4O. The summed E-state index contributed by atoms with van der Waals surface area (Å²) >= 11 is 0. The van der Waals surface area contributed by atoms with E-state index in [0.717, 1.165) is 11.3 Å². The molecule has 0 aromatic carbocycles. The second kappa shape index (κ2) is 3.73. The minimum absolute atomic E-state index is 0.220. The molecule has 0 aliphatic carbocycles. The van der Waals surface area contributed by atoms with Crippen LogP contribution < -0.4 is 5.90 Å². The Hall–Kier alpha value is -1.46. The molecule has 0 spiro atoms. The maximum Gasteiger partial charge on any atom is 0.155 e. The number of nitrogens with zero attached hydrogens (tertiary/aromatic N) is 3. The van der Waals surface area contributed by atoms with Gasteiger partial charge in [-0.15, -0.1) is 0 Å². The minimum atomic E-state index is 0.220. The lowest BCUT2D eigenvalue weighted by Crippen LogP contribution is -2.10. The van der Waals surface area contributed by atoms with Gasteiger partial charge in [0.2, 0.25) is 0 Å². The Morgan fingerprint density at radius 3 is 3.21 bits per heavy atom. The van der Waals surface area contributed by atoms with Gasteiger partial charge < -0.3 is 9.24 Å². The smallest absolute Gasteiger partial charge is 0.155 e. The van der Waals surface area contributed by atoms with Crippen molar-refractivity contribution >= 4 is 5.65 Å². The maximum absolute atomic E-state index is 5.04. The summed E-state index contributed by atoms with van der Waals surface area (Å²) in [7, 11) is 0. The van der Waals surface area contributed by atoms with Gasteiger partial charge in [-0.3, -0.25) is 4.98 Å². The summed E-state index contributed by atoms with van der Waals surface area (Å²) in [5.41, 5.74) is 1.92. The van der Waals surface area contributed by atoms with Crippen molar-refractivity contribution in [2.75, 3.05) is 6.61 Å². The van der Waals surface area contributed by atoms with E-state index >= 15 is 0 Å². The fourth-order valence-corrected chi connectivity index (χ4v) is 1.46. The van der Waals surface area contributed by atoms with Gasteiger partial charge in [0.05, 0.1) is 12.8 Å². The van der Waals surface area contributed by atoms with Gasteiger partial charge in [-0.1, -0.05) is 6.92 Å². The zero-order chi connectivity index (χ0) is 9.97. The van der Waals surface area contributed by atoms with Crippen LogP contribution in [0, 0.1) is 0 Å². The fourth-order valence-electron chi connectivity index (χ4n) is 1.46. The second-order valence-electron chi connectivity index (χ2n) is 3.22. The molecular weight excluding hydrogens is 180 g/mol. The van der Waals surface area contributed by atoms with E-state index in [1.165, 1.54) is 0 Å². The summed E-state index contributed by atoms with van der Waals surface area (Å²) in [6.07, 6.45) is 7.15. The number of nitrogens with two attached hydrogens (primary N) is 1. The molecule has 2 N–H and O–H groups in total. The highest BCUT2D eigenvalue weighted by Crippen LogP contribution is 2.15. The lowest BCUT2D eigenvalue weighted by atomic mass is 10.1. The molecule has 0 bridgehead atoms. The third kappa shape index (κ3) is 1.47. The average molecular weight is 192 g/mol. The van der Waals surface area contributed by atoms with Crippen LogP contribution in [0.2, 0.25) is 0 Å². The summed E-state index contributed by atoms with van der Waals surface area (Å²) in [6, 6.07) is 0. The average Bonchev–Trinajstić information content (AvgIpc) is 2.61. The number of fused-ring (bicyclic) bond motifs is 1. The van der Waals surface area contributed by atoms with Crippen molar-refractivity contribution in [3.63, 3.8) is 0 Å². The Kier molecular flexibility index (Phi) is 2.43. The van der Waals surface area contributed by atoms with Crippen molar-refractivity contribution in [3.8, 4) is 0 Å². The maximum atomic E-state index is 5.04. The lowest BCUT2D eigenvalue weighted by molar-refractivity contribution is 0.125. The summed E-state index contributed by atoms with van der Waals surface area (Å²) in [5.74, 6) is 5.26. The van der Waals surface area contributed by atoms with Crippen molar-refractivity contribution in [2.24, 2.45) is 5.90 Å². The third-order valence-corrected chi connectivity index (χ3v) is 2.20. The fraction of sp³-hybridized carbons (Fsp3) is 0.333. The van der Waals surface area contributed by atoms with Gasteiger partial charge in [-0.2, -0.15) is 0 Å². The summed E-state index contributed by atoms with van der Waals surface area (Å²) in [6.45, 7) is 2.52. The van der Waals surface area contributed by atoms with Gasteiger partial charge >= 0.3 is 0 Å². The Morgan fingerprint density at radius 1 is 1.57 bits per heavy atom. The van der Waals surface area contributed by atoms with Gasteiger partial charge in [-0.25, -0.2) is 10.9 Å². The van der Waals surface area contributed by atoms with Crippen LogP contribution in [0.25, 0.3) is 5.65 Å². The van der Waals surface area contributed by atoms with Gasteiger partial charge in [0.15, 0.2) is 5.65 Å². The first-order chi connectivity index (χ1) is 6.83. The van der Waals surface area contributed by atoms with E-state index in [0.29, 0.717) is 6.61 Å². The first kappa shape index (κ1) is 9.11. The van der Waals surface area contributed by atoms with Crippen LogP contribution in [-0.4, -0.2) is 21.0 Å². The zero-order valence-electron chi connectivity index (χ0n) is 7.92. The SMILES string of the molecule is CC(CON)c1cnc2cnccn12. The third-order valence-electron chi connectivity index (χ3n) is 2.20. The molecule has 2 rings (SSSR count). The van der Waals surface area contributed by atoms with Crippen molar-refractivity contribution in [2.45, 2.75) is 12.8 Å². The standard InChI is InChI=1S/C9H12N4O/c1-7(6-14-10)8-4-12-9-5-11-2-3-13(8)9/h2-5,7H,6,10H2,1H3. The molecule has 14 heavy (non-hydrogen) atoms. The Bertz CT molecular complexity index is 425. The van der Waals surface area contributed by atoms with E-state index in [1.807, 2.05) is 23.7 Å². The molecule has 2 heterocycles. The van der Waals surface area contributed by atoms with Crippen LogP contribution in [0.15, 0.2) is 24.8 Å². The molecule has 0 radical (unpaired) electrons. The lowest BCUT2D eigenvalue weighted by Gasteiger charge is -2.08. The predicted molar refractivity (Wildman–Crippen MR) is 51.5 cm³/mol. The molecule has 2 aromatic rings. The van der Waals surface area contributed by atoms with E-state index in [2.05, 4.69) is 14.8 Å². The van der Waals surface area contributed by atoms with Gasteiger partial charge in [0, 0.05) is 30.2 Å². The first-order valence-corrected chi connectivity index (χ1v) is 4.41. The topological polar surface area (TPSA) is 65.4 Å². The normalized spacial score (nSPS) is 13.3. The van der Waals surface area contributed by atoms with E-state index in [-0.39, 0.29) is 5.92 Å². The number of aromatic nitrogens is 3. The highest BCUT2D eigenvalue weighted by molar-refractivity contribution is 5.37. The van der Waals surface area contributed by atoms with E-state index in [9.17, 15) is 0 Å². The molecule has 0 aliphatic rings. The molecule has 0 fully saturated rings. The molecule has 2 aromatic heterocycles. The molecule has 1 unspecified atom stereocenters. The molecule has 0 saturated carbocycles. The summed E-state index contributed by atoms with van der Waals surface area (Å²) in [4.78, 5) is 12.8. The Labute approximate surface area is 81.5 Å². The molecule has 5 nitrogen and oxygen atoms in total. The van der Waals surface area contributed by atoms with Crippen molar-refractivity contribution in [1.82, 2.24) is 14.4 Å². The Morgan fingerprint density at radius 2 is 2.43 bits per heavy atom. The molecule has 0 amide bonds. The number of hydrogen-bond acceptors (Lipinski definition) is 4.